The Bertz CT molecular complexity index is 1070. The summed E-state index contributed by atoms with van der Waals surface area (Å²) in [4.78, 5) is 32.1. The number of morpholine rings is 1. The number of hydrogen-bond donors (Lipinski definition) is 2. The van der Waals surface area contributed by atoms with Gasteiger partial charge >= 0.3 is 0 Å². The highest BCUT2D eigenvalue weighted by molar-refractivity contribution is 7.71. The second kappa shape index (κ2) is 6.86. The molecule has 2 aromatic carbocycles. The third-order valence-electron chi connectivity index (χ3n) is 4.51. The average Bonchev–Trinajstić information content (AvgIpc) is 2.67. The van der Waals surface area contributed by atoms with Gasteiger partial charge in [-0.2, -0.15) is 0 Å². The van der Waals surface area contributed by atoms with Gasteiger partial charge in [0.2, 0.25) is 0 Å². The van der Waals surface area contributed by atoms with E-state index in [9.17, 15) is 9.59 Å². The minimum absolute atomic E-state index is 0.0873. The molecule has 2 N–H and O–H groups in total. The SMILES string of the molecule is O=C(c1ccc2c(=O)[nH]c(=S)[nH]c2c1)N1CCO[C@@H](c2ccccc2)C1. The van der Waals surface area contributed by atoms with Crippen molar-refractivity contribution in [3.05, 3.63) is 74.8 Å². The molecule has 0 saturated carbocycles. The van der Waals surface area contributed by atoms with Crippen molar-refractivity contribution in [2.75, 3.05) is 19.7 Å². The van der Waals surface area contributed by atoms with Crippen molar-refractivity contribution < 1.29 is 9.53 Å². The fraction of sp³-hybridized carbons (Fsp3) is 0.211. The largest absolute Gasteiger partial charge is 0.370 e. The van der Waals surface area contributed by atoms with Crippen LogP contribution in [0.5, 0.6) is 0 Å². The minimum Gasteiger partial charge on any atom is -0.370 e. The van der Waals surface area contributed by atoms with Crippen LogP contribution in [0.15, 0.2) is 53.3 Å². The second-order valence-corrected chi connectivity index (χ2v) is 6.60. The van der Waals surface area contributed by atoms with E-state index in [1.807, 2.05) is 30.3 Å². The van der Waals surface area contributed by atoms with E-state index in [4.69, 9.17) is 17.0 Å². The number of nitrogens with one attached hydrogen (secondary N) is 2. The van der Waals surface area contributed by atoms with E-state index >= 15 is 0 Å². The number of nitrogens with zero attached hydrogens (tertiary/aromatic N) is 1. The molecule has 2 heterocycles. The molecular weight excluding hydrogens is 350 g/mol. The van der Waals surface area contributed by atoms with Crippen molar-refractivity contribution in [2.45, 2.75) is 6.10 Å². The molecule has 4 rings (SSSR count). The third kappa shape index (κ3) is 3.18. The molecule has 3 aromatic rings. The molecule has 0 spiro atoms. The number of H-pyrrole nitrogens is 2. The summed E-state index contributed by atoms with van der Waals surface area (Å²) < 4.78 is 6.06. The number of fused-ring (bicyclic) bond motifs is 1. The molecule has 7 heteroatoms. The van der Waals surface area contributed by atoms with E-state index in [2.05, 4.69) is 9.97 Å². The maximum Gasteiger partial charge on any atom is 0.259 e. The van der Waals surface area contributed by atoms with Gasteiger partial charge in [0.1, 0.15) is 6.10 Å². The Balaban J connectivity index is 1.62. The van der Waals surface area contributed by atoms with Crippen LogP contribution < -0.4 is 5.56 Å². The van der Waals surface area contributed by atoms with Gasteiger partial charge in [0, 0.05) is 12.1 Å². The van der Waals surface area contributed by atoms with Gasteiger partial charge in [0.25, 0.3) is 11.5 Å². The van der Waals surface area contributed by atoms with Crippen molar-refractivity contribution in [1.29, 1.82) is 0 Å². The van der Waals surface area contributed by atoms with E-state index < -0.39 is 0 Å². The van der Waals surface area contributed by atoms with Gasteiger partial charge in [0.05, 0.1) is 24.1 Å². The number of ether oxygens (including phenoxy) is 1. The Hall–Kier alpha value is -2.77. The fourth-order valence-electron chi connectivity index (χ4n) is 3.19. The molecule has 1 amide bonds. The number of carbonyl (C=O) groups is 1. The Morgan fingerprint density at radius 2 is 1.96 bits per heavy atom. The third-order valence-corrected chi connectivity index (χ3v) is 4.72. The predicted molar refractivity (Wildman–Crippen MR) is 101 cm³/mol. The standard InChI is InChI=1S/C19H17N3O3S/c23-17-14-7-6-13(10-15(14)20-19(26)21-17)18(24)22-8-9-25-16(11-22)12-4-2-1-3-5-12/h1-7,10,16H,8-9,11H2,(H2,20,21,23,26)/t16-/m1/s1. The summed E-state index contributed by atoms with van der Waals surface area (Å²) in [6.07, 6.45) is -0.136. The van der Waals surface area contributed by atoms with Gasteiger partial charge in [-0.15, -0.1) is 0 Å². The predicted octanol–water partition coefficient (Wildman–Crippen LogP) is 2.80. The summed E-state index contributed by atoms with van der Waals surface area (Å²) in [5, 5.41) is 0.472. The van der Waals surface area contributed by atoms with E-state index in [0.29, 0.717) is 36.2 Å². The molecule has 0 aliphatic carbocycles. The number of benzene rings is 2. The van der Waals surface area contributed by atoms with E-state index in [-0.39, 0.29) is 22.3 Å². The van der Waals surface area contributed by atoms with Gasteiger partial charge in [-0.3, -0.25) is 14.6 Å². The summed E-state index contributed by atoms with van der Waals surface area (Å²) >= 11 is 5.01. The van der Waals surface area contributed by atoms with Gasteiger partial charge < -0.3 is 14.6 Å². The lowest BCUT2D eigenvalue weighted by Gasteiger charge is -2.33. The van der Waals surface area contributed by atoms with Crippen molar-refractivity contribution in [3.63, 3.8) is 0 Å². The molecule has 0 bridgehead atoms. The van der Waals surface area contributed by atoms with Crippen LogP contribution in [-0.4, -0.2) is 40.5 Å². The van der Waals surface area contributed by atoms with Crippen LogP contribution in [0.3, 0.4) is 0 Å². The normalized spacial score (nSPS) is 17.4. The smallest absolute Gasteiger partial charge is 0.259 e. The molecule has 6 nitrogen and oxygen atoms in total. The lowest BCUT2D eigenvalue weighted by Crippen LogP contribution is -2.42. The quantitative estimate of drug-likeness (QED) is 0.683. The molecule has 0 radical (unpaired) electrons. The first-order chi connectivity index (χ1) is 12.6. The van der Waals surface area contributed by atoms with Crippen LogP contribution in [0, 0.1) is 4.77 Å². The summed E-state index contributed by atoms with van der Waals surface area (Å²) in [6.45, 7) is 1.51. The molecule has 0 unspecified atom stereocenters. The van der Waals surface area contributed by atoms with Crippen LogP contribution in [0.1, 0.15) is 22.0 Å². The van der Waals surface area contributed by atoms with Crippen LogP contribution in [0.25, 0.3) is 10.9 Å². The molecule has 1 aliphatic rings. The fourth-order valence-corrected chi connectivity index (χ4v) is 3.39. The Morgan fingerprint density at radius 3 is 2.77 bits per heavy atom. The minimum atomic E-state index is -0.265. The van der Waals surface area contributed by atoms with Crippen molar-refractivity contribution in [1.82, 2.24) is 14.9 Å². The number of carbonyl (C=O) groups excluding carboxylic acids is 1. The lowest BCUT2D eigenvalue weighted by molar-refractivity contribution is -0.0228. The maximum atomic E-state index is 12.9. The summed E-state index contributed by atoms with van der Waals surface area (Å²) in [6, 6.07) is 14.9. The first-order valence-electron chi connectivity index (χ1n) is 8.34. The van der Waals surface area contributed by atoms with Crippen molar-refractivity contribution in [2.24, 2.45) is 0 Å². The monoisotopic (exact) mass is 367 g/mol. The van der Waals surface area contributed by atoms with Crippen LogP contribution in [-0.2, 0) is 4.74 Å². The highest BCUT2D eigenvalue weighted by Crippen LogP contribution is 2.23. The Kier molecular flexibility index (Phi) is 4.40. The van der Waals surface area contributed by atoms with Crippen LogP contribution in [0.4, 0.5) is 0 Å². The molecular formula is C19H17N3O3S. The van der Waals surface area contributed by atoms with Crippen molar-refractivity contribution >= 4 is 29.0 Å². The highest BCUT2D eigenvalue weighted by Gasteiger charge is 2.26. The molecule has 1 aromatic heterocycles. The summed E-state index contributed by atoms with van der Waals surface area (Å²) in [7, 11) is 0. The maximum absolute atomic E-state index is 12.9. The zero-order valence-electron chi connectivity index (χ0n) is 13.9. The van der Waals surface area contributed by atoms with E-state index in [0.717, 1.165) is 5.56 Å². The molecule has 26 heavy (non-hydrogen) atoms. The van der Waals surface area contributed by atoms with Crippen molar-refractivity contribution in [3.8, 4) is 0 Å². The summed E-state index contributed by atoms with van der Waals surface area (Å²) in [5.74, 6) is -0.0873. The zero-order valence-corrected chi connectivity index (χ0v) is 14.7. The van der Waals surface area contributed by atoms with Gasteiger partial charge in [-0.05, 0) is 36.0 Å². The lowest BCUT2D eigenvalue weighted by atomic mass is 10.1. The second-order valence-electron chi connectivity index (χ2n) is 6.19. The average molecular weight is 367 g/mol. The number of amides is 1. The van der Waals surface area contributed by atoms with E-state index in [1.165, 1.54) is 0 Å². The zero-order chi connectivity index (χ0) is 18.1. The molecule has 132 valence electrons. The first kappa shape index (κ1) is 16.7. The van der Waals surface area contributed by atoms with E-state index in [1.54, 1.807) is 23.1 Å². The van der Waals surface area contributed by atoms with Crippen LogP contribution in [0.2, 0.25) is 0 Å². The Labute approximate surface area is 154 Å². The molecule has 1 fully saturated rings. The molecule has 1 saturated heterocycles. The number of aromatic amines is 2. The molecule has 1 atom stereocenters. The first-order valence-corrected chi connectivity index (χ1v) is 8.75. The topological polar surface area (TPSA) is 78.2 Å². The number of hydrogen-bond acceptors (Lipinski definition) is 4. The van der Waals surface area contributed by atoms with Gasteiger partial charge in [0.15, 0.2) is 4.77 Å². The van der Waals surface area contributed by atoms with Gasteiger partial charge in [-0.25, -0.2) is 0 Å². The van der Waals surface area contributed by atoms with Gasteiger partial charge in [-0.1, -0.05) is 30.3 Å². The highest BCUT2D eigenvalue weighted by atomic mass is 32.1. The molecule has 1 aliphatic heterocycles. The summed E-state index contributed by atoms with van der Waals surface area (Å²) in [5.41, 5.74) is 1.86. The number of aromatic nitrogens is 2. The Morgan fingerprint density at radius 1 is 1.15 bits per heavy atom. The number of rotatable bonds is 2. The van der Waals surface area contributed by atoms with Crippen LogP contribution >= 0.6 is 12.2 Å².